The maximum absolute atomic E-state index is 12.6. The Morgan fingerprint density at radius 2 is 1.75 bits per heavy atom. The standard InChI is InChI=1S/C24H30BrNO2/c1-14-15(2)22-18(12-19(14)26-20(27)13-23(3,4)5)21(24(6,7)28-22)16-8-10-17(25)11-9-16/h8-12,21H,13H2,1-7H3,(H,26,27). The third kappa shape index (κ3) is 4.12. The van der Waals surface area contributed by atoms with Crippen molar-refractivity contribution in [2.24, 2.45) is 5.41 Å². The van der Waals surface area contributed by atoms with Gasteiger partial charge in [-0.2, -0.15) is 0 Å². The van der Waals surface area contributed by atoms with E-state index >= 15 is 0 Å². The first-order valence-corrected chi connectivity index (χ1v) is 10.6. The predicted molar refractivity (Wildman–Crippen MR) is 119 cm³/mol. The van der Waals surface area contributed by atoms with Crippen molar-refractivity contribution < 1.29 is 9.53 Å². The molecule has 1 aliphatic rings. The third-order valence-corrected chi connectivity index (χ3v) is 5.94. The number of halogens is 1. The molecule has 1 aliphatic heterocycles. The van der Waals surface area contributed by atoms with Gasteiger partial charge in [0.1, 0.15) is 11.4 Å². The Morgan fingerprint density at radius 3 is 2.32 bits per heavy atom. The molecule has 150 valence electrons. The summed E-state index contributed by atoms with van der Waals surface area (Å²) in [6.45, 7) is 14.6. The van der Waals surface area contributed by atoms with E-state index in [-0.39, 0.29) is 22.8 Å². The van der Waals surface area contributed by atoms with E-state index in [1.165, 1.54) is 5.56 Å². The van der Waals surface area contributed by atoms with Crippen LogP contribution in [-0.4, -0.2) is 11.5 Å². The number of hydrogen-bond donors (Lipinski definition) is 1. The molecule has 2 aromatic carbocycles. The monoisotopic (exact) mass is 443 g/mol. The summed E-state index contributed by atoms with van der Waals surface area (Å²) in [7, 11) is 0. The van der Waals surface area contributed by atoms with Crippen molar-refractivity contribution in [3.05, 3.63) is 57.1 Å². The van der Waals surface area contributed by atoms with Crippen LogP contribution in [0.3, 0.4) is 0 Å². The van der Waals surface area contributed by atoms with Crippen LogP contribution >= 0.6 is 15.9 Å². The van der Waals surface area contributed by atoms with Gasteiger partial charge in [0.25, 0.3) is 0 Å². The highest BCUT2D eigenvalue weighted by molar-refractivity contribution is 9.10. The fraction of sp³-hybridized carbons (Fsp3) is 0.458. The van der Waals surface area contributed by atoms with Crippen molar-refractivity contribution in [1.29, 1.82) is 0 Å². The lowest BCUT2D eigenvalue weighted by atomic mass is 9.80. The molecule has 0 saturated carbocycles. The van der Waals surface area contributed by atoms with Crippen molar-refractivity contribution in [1.82, 2.24) is 0 Å². The number of benzene rings is 2. The average Bonchev–Trinajstić information content (AvgIpc) is 2.82. The molecule has 0 aliphatic carbocycles. The van der Waals surface area contributed by atoms with Gasteiger partial charge in [0.15, 0.2) is 0 Å². The second-order valence-electron chi connectivity index (χ2n) is 9.57. The van der Waals surface area contributed by atoms with E-state index in [1.807, 2.05) is 6.92 Å². The number of anilines is 1. The Hall–Kier alpha value is -1.81. The minimum absolute atomic E-state index is 0.0468. The molecular weight excluding hydrogens is 414 g/mol. The van der Waals surface area contributed by atoms with Gasteiger partial charge in [-0.15, -0.1) is 0 Å². The van der Waals surface area contributed by atoms with Crippen LogP contribution in [0.1, 0.15) is 69.2 Å². The van der Waals surface area contributed by atoms with E-state index in [0.29, 0.717) is 6.42 Å². The molecule has 1 amide bonds. The first-order valence-electron chi connectivity index (χ1n) is 9.77. The second-order valence-corrected chi connectivity index (χ2v) is 10.5. The van der Waals surface area contributed by atoms with E-state index < -0.39 is 0 Å². The number of carbonyl (C=O) groups is 1. The van der Waals surface area contributed by atoms with Crippen LogP contribution < -0.4 is 10.1 Å². The molecule has 0 aromatic heterocycles. The number of hydrogen-bond acceptors (Lipinski definition) is 2. The normalized spacial score (nSPS) is 17.8. The van der Waals surface area contributed by atoms with Gasteiger partial charge in [-0.1, -0.05) is 48.8 Å². The van der Waals surface area contributed by atoms with Crippen LogP contribution in [0.25, 0.3) is 0 Å². The minimum Gasteiger partial charge on any atom is -0.486 e. The third-order valence-electron chi connectivity index (χ3n) is 5.41. The molecule has 0 saturated heterocycles. The SMILES string of the molecule is Cc1c(NC(=O)CC(C)(C)C)cc2c(c1C)OC(C)(C)C2c1ccc(Br)cc1. The lowest BCUT2D eigenvalue weighted by Gasteiger charge is -2.27. The number of nitrogens with one attached hydrogen (secondary N) is 1. The van der Waals surface area contributed by atoms with Gasteiger partial charge in [-0.3, -0.25) is 4.79 Å². The van der Waals surface area contributed by atoms with Gasteiger partial charge in [0.05, 0.1) is 5.92 Å². The lowest BCUT2D eigenvalue weighted by molar-refractivity contribution is -0.117. The quantitative estimate of drug-likeness (QED) is 0.569. The first kappa shape index (κ1) is 20.9. The molecule has 0 fully saturated rings. The van der Waals surface area contributed by atoms with Gasteiger partial charge in [0, 0.05) is 22.1 Å². The van der Waals surface area contributed by atoms with Crippen molar-refractivity contribution in [3.8, 4) is 5.75 Å². The first-order chi connectivity index (χ1) is 12.9. The summed E-state index contributed by atoms with van der Waals surface area (Å²) in [6, 6.07) is 10.5. The van der Waals surface area contributed by atoms with Crippen LogP contribution in [0.15, 0.2) is 34.8 Å². The topological polar surface area (TPSA) is 38.3 Å². The summed E-state index contributed by atoms with van der Waals surface area (Å²) in [5.74, 6) is 1.10. The van der Waals surface area contributed by atoms with Crippen LogP contribution in [0.2, 0.25) is 0 Å². The molecule has 1 atom stereocenters. The zero-order chi connectivity index (χ0) is 20.9. The Morgan fingerprint density at radius 1 is 1.14 bits per heavy atom. The van der Waals surface area contributed by atoms with E-state index in [1.54, 1.807) is 0 Å². The van der Waals surface area contributed by atoms with Crippen molar-refractivity contribution in [2.75, 3.05) is 5.32 Å². The van der Waals surface area contributed by atoms with Crippen LogP contribution in [0.4, 0.5) is 5.69 Å². The Labute approximate surface area is 177 Å². The van der Waals surface area contributed by atoms with E-state index in [0.717, 1.165) is 32.6 Å². The minimum atomic E-state index is -0.360. The molecular formula is C24H30BrNO2. The average molecular weight is 444 g/mol. The summed E-state index contributed by atoms with van der Waals surface area (Å²) in [4.78, 5) is 12.6. The Kier molecular flexibility index (Phi) is 5.39. The van der Waals surface area contributed by atoms with Crippen molar-refractivity contribution >= 4 is 27.5 Å². The van der Waals surface area contributed by atoms with E-state index in [9.17, 15) is 4.79 Å². The Bertz CT molecular complexity index is 908. The number of carbonyl (C=O) groups excluding carboxylic acids is 1. The van der Waals surface area contributed by atoms with Crippen LogP contribution in [-0.2, 0) is 4.79 Å². The predicted octanol–water partition coefficient (Wildman–Crippen LogP) is 6.74. The fourth-order valence-electron chi connectivity index (χ4n) is 4.01. The van der Waals surface area contributed by atoms with Gasteiger partial charge in [-0.25, -0.2) is 0 Å². The van der Waals surface area contributed by atoms with Gasteiger partial charge < -0.3 is 10.1 Å². The molecule has 0 spiro atoms. The molecule has 1 N–H and O–H groups in total. The van der Waals surface area contributed by atoms with Crippen LogP contribution in [0, 0.1) is 19.3 Å². The maximum Gasteiger partial charge on any atom is 0.224 e. The molecule has 1 heterocycles. The smallest absolute Gasteiger partial charge is 0.224 e. The second kappa shape index (κ2) is 7.22. The number of amides is 1. The highest BCUT2D eigenvalue weighted by Gasteiger charge is 2.43. The molecule has 1 unspecified atom stereocenters. The van der Waals surface area contributed by atoms with Gasteiger partial charge >= 0.3 is 0 Å². The molecule has 0 radical (unpaired) electrons. The number of fused-ring (bicyclic) bond motifs is 1. The van der Waals surface area contributed by atoms with E-state index in [2.05, 4.69) is 93.1 Å². The van der Waals surface area contributed by atoms with Crippen molar-refractivity contribution in [3.63, 3.8) is 0 Å². The summed E-state index contributed by atoms with van der Waals surface area (Å²) in [6.07, 6.45) is 0.487. The zero-order valence-corrected chi connectivity index (χ0v) is 19.5. The van der Waals surface area contributed by atoms with Gasteiger partial charge in [0.2, 0.25) is 5.91 Å². The molecule has 4 heteroatoms. The lowest BCUT2D eigenvalue weighted by Crippen LogP contribution is -2.31. The summed E-state index contributed by atoms with van der Waals surface area (Å²) in [5.41, 5.74) is 4.98. The zero-order valence-electron chi connectivity index (χ0n) is 17.9. The maximum atomic E-state index is 12.6. The molecule has 0 bridgehead atoms. The highest BCUT2D eigenvalue weighted by atomic mass is 79.9. The number of rotatable bonds is 3. The molecule has 3 rings (SSSR count). The summed E-state index contributed by atoms with van der Waals surface area (Å²) in [5, 5.41) is 3.14. The summed E-state index contributed by atoms with van der Waals surface area (Å²) < 4.78 is 7.48. The fourth-order valence-corrected chi connectivity index (χ4v) is 4.27. The number of ether oxygens (including phenoxy) is 1. The van der Waals surface area contributed by atoms with Crippen LogP contribution in [0.5, 0.6) is 5.75 Å². The molecule has 28 heavy (non-hydrogen) atoms. The molecule has 2 aromatic rings. The largest absolute Gasteiger partial charge is 0.486 e. The summed E-state index contributed by atoms with van der Waals surface area (Å²) >= 11 is 3.52. The van der Waals surface area contributed by atoms with E-state index in [4.69, 9.17) is 4.74 Å². The van der Waals surface area contributed by atoms with Gasteiger partial charge in [-0.05, 0) is 68.0 Å². The Balaban J connectivity index is 2.05. The van der Waals surface area contributed by atoms with Crippen molar-refractivity contribution in [2.45, 2.75) is 66.4 Å². The molecule has 3 nitrogen and oxygen atoms in total. The highest BCUT2D eigenvalue weighted by Crippen LogP contribution is 2.51.